The zero-order chi connectivity index (χ0) is 11.4. The Morgan fingerprint density at radius 2 is 2.00 bits per heavy atom. The van der Waals surface area contributed by atoms with E-state index in [0.29, 0.717) is 12.6 Å². The summed E-state index contributed by atoms with van der Waals surface area (Å²) in [6, 6.07) is 0.318. The van der Waals surface area contributed by atoms with E-state index < -0.39 is 0 Å². The zero-order valence-corrected chi connectivity index (χ0v) is 10.2. The maximum atomic E-state index is 12.1. The number of carbonyl (C=O) groups is 1. The number of hydrogen-bond donors (Lipinski definition) is 1. The molecule has 15 heavy (non-hydrogen) atoms. The van der Waals surface area contributed by atoms with Crippen LogP contribution >= 0.6 is 0 Å². The summed E-state index contributed by atoms with van der Waals surface area (Å²) in [5.74, 6) is 1.12. The van der Waals surface area contributed by atoms with Crippen molar-refractivity contribution in [3.05, 3.63) is 0 Å². The van der Waals surface area contributed by atoms with E-state index in [2.05, 4.69) is 13.8 Å². The second-order valence-corrected chi connectivity index (χ2v) is 5.01. The summed E-state index contributed by atoms with van der Waals surface area (Å²) in [7, 11) is 0. The van der Waals surface area contributed by atoms with Crippen molar-refractivity contribution in [2.45, 2.75) is 46.1 Å². The predicted molar refractivity (Wildman–Crippen MR) is 62.4 cm³/mol. The van der Waals surface area contributed by atoms with Crippen LogP contribution in [0.4, 0.5) is 0 Å². The summed E-state index contributed by atoms with van der Waals surface area (Å²) in [6.07, 6.45) is 3.39. The third-order valence-electron chi connectivity index (χ3n) is 3.08. The fraction of sp³-hybridized carbons (Fsp3) is 0.917. The fourth-order valence-electron chi connectivity index (χ4n) is 1.79. The van der Waals surface area contributed by atoms with Crippen LogP contribution in [0.5, 0.6) is 0 Å². The maximum Gasteiger partial charge on any atom is 0.225 e. The zero-order valence-electron chi connectivity index (χ0n) is 10.2. The molecule has 1 saturated carbocycles. The Morgan fingerprint density at radius 3 is 2.40 bits per heavy atom. The summed E-state index contributed by atoms with van der Waals surface area (Å²) in [6.45, 7) is 7.72. The van der Waals surface area contributed by atoms with Gasteiger partial charge in [-0.3, -0.25) is 4.79 Å². The van der Waals surface area contributed by atoms with Crippen molar-refractivity contribution in [3.8, 4) is 0 Å². The van der Waals surface area contributed by atoms with Gasteiger partial charge in [0.05, 0.1) is 0 Å². The summed E-state index contributed by atoms with van der Waals surface area (Å²) in [5.41, 5.74) is 5.49. The van der Waals surface area contributed by atoms with Crippen LogP contribution < -0.4 is 5.73 Å². The molecule has 0 aromatic rings. The minimum atomic E-state index is 0.0798. The van der Waals surface area contributed by atoms with Crippen LogP contribution in [-0.2, 0) is 4.79 Å². The molecule has 3 nitrogen and oxygen atoms in total. The lowest BCUT2D eigenvalue weighted by Crippen LogP contribution is -2.41. The van der Waals surface area contributed by atoms with Crippen LogP contribution in [-0.4, -0.2) is 29.9 Å². The van der Waals surface area contributed by atoms with Crippen molar-refractivity contribution >= 4 is 5.91 Å². The van der Waals surface area contributed by atoms with Gasteiger partial charge in [-0.1, -0.05) is 6.92 Å². The molecule has 0 aliphatic heterocycles. The molecule has 88 valence electrons. The van der Waals surface area contributed by atoms with Crippen LogP contribution in [0.1, 0.15) is 40.0 Å². The summed E-state index contributed by atoms with van der Waals surface area (Å²) in [4.78, 5) is 14.1. The second kappa shape index (κ2) is 5.50. The largest absolute Gasteiger partial charge is 0.340 e. The highest BCUT2D eigenvalue weighted by Gasteiger charge is 2.29. The summed E-state index contributed by atoms with van der Waals surface area (Å²) >= 11 is 0. The van der Waals surface area contributed by atoms with Gasteiger partial charge >= 0.3 is 0 Å². The van der Waals surface area contributed by atoms with E-state index in [9.17, 15) is 4.79 Å². The fourth-order valence-corrected chi connectivity index (χ4v) is 1.79. The molecule has 0 aromatic carbocycles. The monoisotopic (exact) mass is 212 g/mol. The van der Waals surface area contributed by atoms with Crippen LogP contribution in [0, 0.1) is 11.8 Å². The number of nitrogens with two attached hydrogens (primary N) is 1. The molecule has 0 heterocycles. The molecular formula is C12H24N2O. The van der Waals surface area contributed by atoms with Crippen molar-refractivity contribution in [1.82, 2.24) is 4.90 Å². The lowest BCUT2D eigenvalue weighted by atomic mass is 10.1. The van der Waals surface area contributed by atoms with Crippen molar-refractivity contribution < 1.29 is 4.79 Å². The number of rotatable bonds is 6. The third kappa shape index (κ3) is 3.82. The molecule has 0 saturated heterocycles. The molecule has 2 N–H and O–H groups in total. The van der Waals surface area contributed by atoms with E-state index >= 15 is 0 Å². The lowest BCUT2D eigenvalue weighted by Gasteiger charge is -2.29. The Labute approximate surface area is 93.0 Å². The molecule has 0 radical (unpaired) electrons. The minimum absolute atomic E-state index is 0.0798. The Kier molecular flexibility index (Phi) is 4.58. The molecule has 3 heteroatoms. The SMILES string of the molecule is CC(CCN)C(=O)N(CC1CC1)C(C)C. The van der Waals surface area contributed by atoms with E-state index in [1.807, 2.05) is 11.8 Å². The van der Waals surface area contributed by atoms with Crippen molar-refractivity contribution in [1.29, 1.82) is 0 Å². The number of hydrogen-bond acceptors (Lipinski definition) is 2. The van der Waals surface area contributed by atoms with Gasteiger partial charge in [0.1, 0.15) is 0 Å². The first kappa shape index (κ1) is 12.5. The topological polar surface area (TPSA) is 46.3 Å². The minimum Gasteiger partial charge on any atom is -0.340 e. The highest BCUT2D eigenvalue weighted by Crippen LogP contribution is 2.30. The Balaban J connectivity index is 2.49. The van der Waals surface area contributed by atoms with E-state index in [1.54, 1.807) is 0 Å². The van der Waals surface area contributed by atoms with E-state index in [4.69, 9.17) is 5.73 Å². The highest BCUT2D eigenvalue weighted by molar-refractivity contribution is 5.78. The standard InChI is InChI=1S/C12H24N2O/c1-9(2)14(8-11-4-5-11)12(15)10(3)6-7-13/h9-11H,4-8,13H2,1-3H3. The quantitative estimate of drug-likeness (QED) is 0.727. The van der Waals surface area contributed by atoms with Gasteiger partial charge in [-0.2, -0.15) is 0 Å². The van der Waals surface area contributed by atoms with Crippen LogP contribution in [0.15, 0.2) is 0 Å². The molecule has 0 spiro atoms. The van der Waals surface area contributed by atoms with Crippen LogP contribution in [0.25, 0.3) is 0 Å². The van der Waals surface area contributed by atoms with Gasteiger partial charge in [0.25, 0.3) is 0 Å². The molecule has 0 bridgehead atoms. The van der Waals surface area contributed by atoms with E-state index in [1.165, 1.54) is 12.8 Å². The second-order valence-electron chi connectivity index (χ2n) is 5.01. The average Bonchev–Trinajstić information content (AvgIpc) is 2.96. The highest BCUT2D eigenvalue weighted by atomic mass is 16.2. The third-order valence-corrected chi connectivity index (χ3v) is 3.08. The van der Waals surface area contributed by atoms with Crippen molar-refractivity contribution in [2.24, 2.45) is 17.6 Å². The lowest BCUT2D eigenvalue weighted by molar-refractivity contribution is -0.137. The number of amides is 1. The normalized spacial score (nSPS) is 17.9. The Morgan fingerprint density at radius 1 is 1.40 bits per heavy atom. The molecule has 1 aliphatic carbocycles. The van der Waals surface area contributed by atoms with Gasteiger partial charge < -0.3 is 10.6 Å². The molecule has 0 aromatic heterocycles. The molecule has 1 amide bonds. The first-order chi connectivity index (χ1) is 7.06. The first-order valence-corrected chi connectivity index (χ1v) is 6.06. The molecule has 1 rings (SSSR count). The predicted octanol–water partition coefficient (Wildman–Crippen LogP) is 1.62. The molecule has 1 unspecified atom stereocenters. The van der Waals surface area contributed by atoms with Gasteiger partial charge in [0, 0.05) is 18.5 Å². The molecular weight excluding hydrogens is 188 g/mol. The van der Waals surface area contributed by atoms with Crippen molar-refractivity contribution in [3.63, 3.8) is 0 Å². The molecule has 1 fully saturated rings. The van der Waals surface area contributed by atoms with Crippen LogP contribution in [0.3, 0.4) is 0 Å². The smallest absolute Gasteiger partial charge is 0.225 e. The van der Waals surface area contributed by atoms with Gasteiger partial charge in [-0.05, 0) is 45.6 Å². The Bertz CT molecular complexity index is 212. The first-order valence-electron chi connectivity index (χ1n) is 6.06. The number of nitrogens with zero attached hydrogens (tertiary/aromatic N) is 1. The van der Waals surface area contributed by atoms with Gasteiger partial charge in [0.15, 0.2) is 0 Å². The maximum absolute atomic E-state index is 12.1. The summed E-state index contributed by atoms with van der Waals surface area (Å²) < 4.78 is 0. The van der Waals surface area contributed by atoms with Gasteiger partial charge in [-0.15, -0.1) is 0 Å². The molecule has 1 aliphatic rings. The number of carbonyl (C=O) groups excluding carboxylic acids is 1. The molecule has 1 atom stereocenters. The summed E-state index contributed by atoms with van der Waals surface area (Å²) in [5, 5.41) is 0. The van der Waals surface area contributed by atoms with Gasteiger partial charge in [0.2, 0.25) is 5.91 Å². The van der Waals surface area contributed by atoms with E-state index in [-0.39, 0.29) is 11.8 Å². The average molecular weight is 212 g/mol. The van der Waals surface area contributed by atoms with E-state index in [0.717, 1.165) is 18.9 Å². The van der Waals surface area contributed by atoms with Gasteiger partial charge in [-0.25, -0.2) is 0 Å². The van der Waals surface area contributed by atoms with Crippen LogP contribution in [0.2, 0.25) is 0 Å². The van der Waals surface area contributed by atoms with Crippen molar-refractivity contribution in [2.75, 3.05) is 13.1 Å². The Hall–Kier alpha value is -0.570.